The zero-order valence-electron chi connectivity index (χ0n) is 17.3. The van der Waals surface area contributed by atoms with Gasteiger partial charge in [-0.1, -0.05) is 0 Å². The van der Waals surface area contributed by atoms with Gasteiger partial charge >= 0.3 is 0 Å². The molecule has 1 saturated heterocycles. The van der Waals surface area contributed by atoms with Crippen LogP contribution in [0.4, 0.5) is 0 Å². The quantitative estimate of drug-likeness (QED) is 0.571. The highest BCUT2D eigenvalue weighted by molar-refractivity contribution is 7.71. The minimum atomic E-state index is -0.294. The second-order valence-electron chi connectivity index (χ2n) is 7.22. The third kappa shape index (κ3) is 4.19. The number of amides is 1. The molecule has 3 aromatic rings. The SMILES string of the molecule is COc1ccc(-n2c(=S)[nH]c3cc(C(=O)NC[C@H]4CCCO4)ccc3c2=O)cc1OC. The summed E-state index contributed by atoms with van der Waals surface area (Å²) in [5.41, 5.74) is 1.19. The van der Waals surface area contributed by atoms with Gasteiger partial charge in [0.25, 0.3) is 11.5 Å². The smallest absolute Gasteiger partial charge is 0.266 e. The number of benzene rings is 2. The summed E-state index contributed by atoms with van der Waals surface area (Å²) < 4.78 is 17.7. The van der Waals surface area contributed by atoms with Gasteiger partial charge in [-0.25, -0.2) is 0 Å². The van der Waals surface area contributed by atoms with Crippen molar-refractivity contribution in [3.8, 4) is 17.2 Å². The predicted molar refractivity (Wildman–Crippen MR) is 119 cm³/mol. The maximum atomic E-state index is 13.2. The molecule has 31 heavy (non-hydrogen) atoms. The summed E-state index contributed by atoms with van der Waals surface area (Å²) in [6.45, 7) is 1.20. The van der Waals surface area contributed by atoms with E-state index in [4.69, 9.17) is 26.4 Å². The summed E-state index contributed by atoms with van der Waals surface area (Å²) in [6.07, 6.45) is 2.02. The number of hydrogen-bond acceptors (Lipinski definition) is 6. The maximum absolute atomic E-state index is 13.2. The summed E-state index contributed by atoms with van der Waals surface area (Å²) in [6, 6.07) is 10.0. The minimum absolute atomic E-state index is 0.0592. The van der Waals surface area contributed by atoms with Crippen molar-refractivity contribution in [1.29, 1.82) is 0 Å². The van der Waals surface area contributed by atoms with Crippen LogP contribution in [0.3, 0.4) is 0 Å². The Balaban J connectivity index is 1.68. The number of ether oxygens (including phenoxy) is 3. The summed E-state index contributed by atoms with van der Waals surface area (Å²) in [5.74, 6) is 0.814. The van der Waals surface area contributed by atoms with Crippen molar-refractivity contribution in [2.24, 2.45) is 0 Å². The van der Waals surface area contributed by atoms with Gasteiger partial charge in [0.1, 0.15) is 0 Å². The summed E-state index contributed by atoms with van der Waals surface area (Å²) in [5, 5.41) is 3.30. The number of carbonyl (C=O) groups excluding carboxylic acids is 1. The van der Waals surface area contributed by atoms with Crippen molar-refractivity contribution < 1.29 is 19.0 Å². The fourth-order valence-corrected chi connectivity index (χ4v) is 3.97. The van der Waals surface area contributed by atoms with Crippen LogP contribution in [0.25, 0.3) is 16.6 Å². The molecule has 0 radical (unpaired) electrons. The normalized spacial score (nSPS) is 15.7. The first-order valence-electron chi connectivity index (χ1n) is 9.93. The van der Waals surface area contributed by atoms with Gasteiger partial charge in [-0.15, -0.1) is 0 Å². The van der Waals surface area contributed by atoms with Crippen molar-refractivity contribution in [1.82, 2.24) is 14.9 Å². The molecule has 0 saturated carbocycles. The standard InChI is InChI=1S/C22H23N3O5S/c1-28-18-8-6-14(11-19(18)29-2)25-21(27)16-7-5-13(10-17(16)24-22(25)31)20(26)23-12-15-4-3-9-30-15/h5-8,10-11,15H,3-4,9,12H2,1-2H3,(H,23,26)(H,24,31)/t15-/m1/s1. The number of H-pyrrole nitrogens is 1. The molecule has 162 valence electrons. The summed E-state index contributed by atoms with van der Waals surface area (Å²) >= 11 is 5.44. The van der Waals surface area contributed by atoms with Gasteiger partial charge in [-0.3, -0.25) is 14.2 Å². The van der Waals surface area contributed by atoms with E-state index in [1.54, 1.807) is 43.5 Å². The van der Waals surface area contributed by atoms with Crippen LogP contribution >= 0.6 is 12.2 Å². The van der Waals surface area contributed by atoms with Crippen LogP contribution in [0, 0.1) is 4.77 Å². The van der Waals surface area contributed by atoms with Gasteiger partial charge in [0.15, 0.2) is 16.3 Å². The van der Waals surface area contributed by atoms with Crippen LogP contribution in [0.15, 0.2) is 41.2 Å². The third-order valence-electron chi connectivity index (χ3n) is 5.30. The molecule has 0 bridgehead atoms. The largest absolute Gasteiger partial charge is 0.493 e. The number of nitrogens with one attached hydrogen (secondary N) is 2. The van der Waals surface area contributed by atoms with Crippen LogP contribution in [0.2, 0.25) is 0 Å². The van der Waals surface area contributed by atoms with Crippen molar-refractivity contribution >= 4 is 29.0 Å². The number of rotatable bonds is 6. The van der Waals surface area contributed by atoms with Gasteiger partial charge in [-0.05, 0) is 55.4 Å². The van der Waals surface area contributed by atoms with E-state index in [1.807, 2.05) is 0 Å². The molecule has 1 fully saturated rings. The number of aromatic amines is 1. The van der Waals surface area contributed by atoms with Gasteiger partial charge in [0, 0.05) is 24.8 Å². The highest BCUT2D eigenvalue weighted by Crippen LogP contribution is 2.29. The zero-order chi connectivity index (χ0) is 22.0. The molecule has 1 aliphatic heterocycles. The average molecular weight is 442 g/mol. The fourth-order valence-electron chi connectivity index (χ4n) is 3.67. The topological polar surface area (TPSA) is 94.6 Å². The molecular weight excluding hydrogens is 418 g/mol. The molecule has 0 aliphatic carbocycles. The van der Waals surface area contributed by atoms with E-state index < -0.39 is 0 Å². The number of hydrogen-bond donors (Lipinski definition) is 2. The first-order valence-corrected chi connectivity index (χ1v) is 10.3. The molecule has 1 aliphatic rings. The minimum Gasteiger partial charge on any atom is -0.493 e. The van der Waals surface area contributed by atoms with Crippen molar-refractivity contribution in [2.45, 2.75) is 18.9 Å². The summed E-state index contributed by atoms with van der Waals surface area (Å²) in [4.78, 5) is 28.7. The lowest BCUT2D eigenvalue weighted by Crippen LogP contribution is -2.31. The molecule has 2 aromatic carbocycles. The van der Waals surface area contributed by atoms with E-state index >= 15 is 0 Å². The van der Waals surface area contributed by atoms with Gasteiger partial charge in [-0.2, -0.15) is 0 Å². The Labute approximate surface area is 183 Å². The lowest BCUT2D eigenvalue weighted by molar-refractivity contribution is 0.0858. The summed E-state index contributed by atoms with van der Waals surface area (Å²) in [7, 11) is 3.07. The second kappa shape index (κ2) is 8.91. The van der Waals surface area contributed by atoms with Crippen LogP contribution in [0.1, 0.15) is 23.2 Å². The molecule has 4 rings (SSSR count). The molecule has 9 heteroatoms. The zero-order valence-corrected chi connectivity index (χ0v) is 18.1. The molecule has 1 atom stereocenters. The Morgan fingerprint density at radius 1 is 1.23 bits per heavy atom. The van der Waals surface area contributed by atoms with Crippen LogP contribution in [0.5, 0.6) is 11.5 Å². The van der Waals surface area contributed by atoms with E-state index in [-0.39, 0.29) is 22.3 Å². The Hall–Kier alpha value is -3.17. The fraction of sp³-hybridized carbons (Fsp3) is 0.318. The van der Waals surface area contributed by atoms with Crippen LogP contribution in [-0.4, -0.2) is 48.9 Å². The molecule has 8 nitrogen and oxygen atoms in total. The van der Waals surface area contributed by atoms with E-state index in [0.717, 1.165) is 19.4 Å². The van der Waals surface area contributed by atoms with Gasteiger partial charge in [0.2, 0.25) is 0 Å². The molecule has 2 N–H and O–H groups in total. The Morgan fingerprint density at radius 3 is 2.74 bits per heavy atom. The Bertz CT molecular complexity index is 1240. The molecule has 1 aromatic heterocycles. The lowest BCUT2D eigenvalue weighted by atomic mass is 10.1. The number of methoxy groups -OCH3 is 2. The average Bonchev–Trinajstić information content (AvgIpc) is 3.30. The monoisotopic (exact) mass is 441 g/mol. The highest BCUT2D eigenvalue weighted by Gasteiger charge is 2.17. The van der Waals surface area contributed by atoms with E-state index in [0.29, 0.717) is 40.2 Å². The lowest BCUT2D eigenvalue weighted by Gasteiger charge is -2.13. The van der Waals surface area contributed by atoms with Crippen LogP contribution in [-0.2, 0) is 4.74 Å². The second-order valence-corrected chi connectivity index (χ2v) is 7.60. The number of aromatic nitrogens is 2. The third-order valence-corrected chi connectivity index (χ3v) is 5.58. The maximum Gasteiger partial charge on any atom is 0.266 e. The number of fused-ring (bicyclic) bond motifs is 1. The van der Waals surface area contributed by atoms with Crippen molar-refractivity contribution in [3.63, 3.8) is 0 Å². The number of carbonyl (C=O) groups is 1. The van der Waals surface area contributed by atoms with Crippen molar-refractivity contribution in [3.05, 3.63) is 57.1 Å². The highest BCUT2D eigenvalue weighted by atomic mass is 32.1. The molecule has 1 amide bonds. The van der Waals surface area contributed by atoms with E-state index in [2.05, 4.69) is 10.3 Å². The van der Waals surface area contributed by atoms with E-state index in [9.17, 15) is 9.59 Å². The first kappa shape index (κ1) is 21.1. The number of nitrogens with zero attached hydrogens (tertiary/aromatic N) is 1. The molecule has 0 unspecified atom stereocenters. The van der Waals surface area contributed by atoms with E-state index in [1.165, 1.54) is 11.7 Å². The predicted octanol–water partition coefficient (Wildman–Crippen LogP) is 2.97. The molecule has 2 heterocycles. The molecular formula is C22H23N3O5S. The van der Waals surface area contributed by atoms with Crippen LogP contribution < -0.4 is 20.3 Å². The van der Waals surface area contributed by atoms with Gasteiger partial charge < -0.3 is 24.5 Å². The molecule has 0 spiro atoms. The first-order chi connectivity index (χ1) is 15.0. The van der Waals surface area contributed by atoms with Crippen molar-refractivity contribution in [2.75, 3.05) is 27.4 Å². The Morgan fingerprint density at radius 2 is 2.03 bits per heavy atom. The van der Waals surface area contributed by atoms with Gasteiger partial charge in [0.05, 0.1) is 36.9 Å². The Kier molecular flexibility index (Phi) is 6.06.